The van der Waals surface area contributed by atoms with Crippen LogP contribution in [0.15, 0.2) is 47.4 Å². The van der Waals surface area contributed by atoms with E-state index in [-0.39, 0.29) is 4.90 Å². The van der Waals surface area contributed by atoms with E-state index >= 15 is 0 Å². The molecule has 0 atom stereocenters. The minimum absolute atomic E-state index is 0.201. The third-order valence-corrected chi connectivity index (χ3v) is 5.25. The highest BCUT2D eigenvalue weighted by Gasteiger charge is 2.24. The topological polar surface area (TPSA) is 55.8 Å². The van der Waals surface area contributed by atoms with E-state index < -0.39 is 10.0 Å². The third kappa shape index (κ3) is 3.59. The van der Waals surface area contributed by atoms with Gasteiger partial charge in [-0.1, -0.05) is 6.07 Å². The Hall–Kier alpha value is -2.21. The van der Waals surface area contributed by atoms with Gasteiger partial charge in [0.1, 0.15) is 11.5 Å². The second-order valence-corrected chi connectivity index (χ2v) is 7.02. The van der Waals surface area contributed by atoms with Crippen LogP contribution in [0.25, 0.3) is 0 Å². The van der Waals surface area contributed by atoms with Crippen molar-refractivity contribution in [2.24, 2.45) is 0 Å². The summed E-state index contributed by atoms with van der Waals surface area (Å²) in [6, 6.07) is 11.8. The van der Waals surface area contributed by atoms with Crippen molar-refractivity contribution >= 4 is 15.7 Å². The highest BCUT2D eigenvalue weighted by molar-refractivity contribution is 7.92. The molecule has 0 fully saturated rings. The molecule has 0 aliphatic carbocycles. The van der Waals surface area contributed by atoms with Crippen LogP contribution in [0.5, 0.6) is 11.5 Å². The Kier molecular flexibility index (Phi) is 5.15. The molecule has 0 bridgehead atoms. The second kappa shape index (κ2) is 6.91. The summed E-state index contributed by atoms with van der Waals surface area (Å²) in [6.45, 7) is 4.31. The molecule has 6 heteroatoms. The van der Waals surface area contributed by atoms with Crippen molar-refractivity contribution in [1.82, 2.24) is 0 Å². The van der Waals surface area contributed by atoms with Crippen molar-refractivity contribution in [3.8, 4) is 11.5 Å². The molecule has 2 aromatic carbocycles. The third-order valence-electron chi connectivity index (χ3n) is 3.47. The number of ether oxygens (including phenoxy) is 2. The SMILES string of the molecule is CCOc1ccc(S(=O)(=O)N(C)c2cc(C)ccc2OC)cc1. The molecule has 0 saturated carbocycles. The van der Waals surface area contributed by atoms with Crippen molar-refractivity contribution in [3.63, 3.8) is 0 Å². The Morgan fingerprint density at radius 3 is 2.30 bits per heavy atom. The van der Waals surface area contributed by atoms with Gasteiger partial charge in [0.15, 0.2) is 0 Å². The summed E-state index contributed by atoms with van der Waals surface area (Å²) in [5.41, 5.74) is 1.45. The number of hydrogen-bond donors (Lipinski definition) is 0. The molecule has 0 radical (unpaired) electrons. The first-order valence-corrected chi connectivity index (χ1v) is 8.70. The molecule has 124 valence electrons. The van der Waals surface area contributed by atoms with Gasteiger partial charge in [-0.3, -0.25) is 4.31 Å². The number of sulfonamides is 1. The molecule has 0 spiro atoms. The minimum Gasteiger partial charge on any atom is -0.495 e. The lowest BCUT2D eigenvalue weighted by atomic mass is 10.2. The predicted octanol–water partition coefficient (Wildman–Crippen LogP) is 3.23. The first kappa shape index (κ1) is 17.1. The fraction of sp³-hybridized carbons (Fsp3) is 0.294. The lowest BCUT2D eigenvalue weighted by molar-refractivity contribution is 0.340. The summed E-state index contributed by atoms with van der Waals surface area (Å²) in [4.78, 5) is 0.201. The number of aryl methyl sites for hydroxylation is 1. The Bertz CT molecular complexity index is 770. The fourth-order valence-electron chi connectivity index (χ4n) is 2.21. The number of rotatable bonds is 6. The number of benzene rings is 2. The monoisotopic (exact) mass is 335 g/mol. The molecule has 5 nitrogen and oxygen atoms in total. The molecule has 0 N–H and O–H groups in total. The van der Waals surface area contributed by atoms with Crippen LogP contribution in [-0.4, -0.2) is 29.2 Å². The van der Waals surface area contributed by atoms with E-state index in [2.05, 4.69) is 0 Å². The first-order chi connectivity index (χ1) is 10.9. The summed E-state index contributed by atoms with van der Waals surface area (Å²) in [6.07, 6.45) is 0. The van der Waals surface area contributed by atoms with E-state index in [1.165, 1.54) is 18.5 Å². The van der Waals surface area contributed by atoms with Gasteiger partial charge in [0.25, 0.3) is 10.0 Å². The summed E-state index contributed by atoms with van der Waals surface area (Å²) in [5, 5.41) is 0. The van der Waals surface area contributed by atoms with E-state index in [0.29, 0.717) is 23.8 Å². The van der Waals surface area contributed by atoms with E-state index in [9.17, 15) is 8.42 Å². The van der Waals surface area contributed by atoms with Gasteiger partial charge in [0.05, 0.1) is 24.3 Å². The molecule has 0 aromatic heterocycles. The van der Waals surface area contributed by atoms with Crippen molar-refractivity contribution < 1.29 is 17.9 Å². The number of anilines is 1. The van der Waals surface area contributed by atoms with Crippen molar-refractivity contribution in [2.45, 2.75) is 18.7 Å². The lowest BCUT2D eigenvalue weighted by Crippen LogP contribution is -2.27. The zero-order chi connectivity index (χ0) is 17.0. The van der Waals surface area contributed by atoms with Crippen LogP contribution < -0.4 is 13.8 Å². The van der Waals surface area contributed by atoms with Crippen molar-refractivity contribution in [3.05, 3.63) is 48.0 Å². The van der Waals surface area contributed by atoms with Gasteiger partial charge in [-0.25, -0.2) is 8.42 Å². The van der Waals surface area contributed by atoms with Gasteiger partial charge < -0.3 is 9.47 Å². The maximum Gasteiger partial charge on any atom is 0.264 e. The zero-order valence-corrected chi connectivity index (χ0v) is 14.6. The molecule has 0 aliphatic heterocycles. The van der Waals surface area contributed by atoms with Crippen LogP contribution in [0.1, 0.15) is 12.5 Å². The minimum atomic E-state index is -3.68. The molecule has 2 aromatic rings. The van der Waals surface area contributed by atoms with Gasteiger partial charge in [-0.15, -0.1) is 0 Å². The summed E-state index contributed by atoms with van der Waals surface area (Å²) >= 11 is 0. The average molecular weight is 335 g/mol. The normalized spacial score (nSPS) is 11.1. The number of hydrogen-bond acceptors (Lipinski definition) is 4. The predicted molar refractivity (Wildman–Crippen MR) is 90.9 cm³/mol. The smallest absolute Gasteiger partial charge is 0.264 e. The van der Waals surface area contributed by atoms with Crippen LogP contribution >= 0.6 is 0 Å². The van der Waals surface area contributed by atoms with Gasteiger partial charge in [-0.05, 0) is 55.8 Å². The lowest BCUT2D eigenvalue weighted by Gasteiger charge is -2.22. The van der Waals surface area contributed by atoms with E-state index in [1.807, 2.05) is 19.9 Å². The Balaban J connectivity index is 2.40. The van der Waals surface area contributed by atoms with Crippen molar-refractivity contribution in [1.29, 1.82) is 0 Å². The van der Waals surface area contributed by atoms with Gasteiger partial charge in [0.2, 0.25) is 0 Å². The Labute approximate surface area is 137 Å². The summed E-state index contributed by atoms with van der Waals surface area (Å²) in [5.74, 6) is 1.15. The maximum absolute atomic E-state index is 12.8. The highest BCUT2D eigenvalue weighted by atomic mass is 32.2. The molecule has 0 unspecified atom stereocenters. The van der Waals surface area contributed by atoms with Crippen LogP contribution in [0, 0.1) is 6.92 Å². The summed E-state index contributed by atoms with van der Waals surface area (Å²) < 4.78 is 37.5. The largest absolute Gasteiger partial charge is 0.495 e. The number of nitrogens with zero attached hydrogens (tertiary/aromatic N) is 1. The van der Waals surface area contributed by atoms with Crippen molar-refractivity contribution in [2.75, 3.05) is 25.1 Å². The molecule has 0 heterocycles. The highest BCUT2D eigenvalue weighted by Crippen LogP contribution is 2.32. The standard InChI is InChI=1S/C17H21NO4S/c1-5-22-14-7-9-15(10-8-14)23(19,20)18(3)16-12-13(2)6-11-17(16)21-4/h6-12H,5H2,1-4H3. The van der Waals surface area contributed by atoms with Crippen LogP contribution in [0.4, 0.5) is 5.69 Å². The van der Waals surface area contributed by atoms with Crippen LogP contribution in [-0.2, 0) is 10.0 Å². The second-order valence-electron chi connectivity index (χ2n) is 5.05. The fourth-order valence-corrected chi connectivity index (χ4v) is 3.41. The van der Waals surface area contributed by atoms with Crippen LogP contribution in [0.2, 0.25) is 0 Å². The van der Waals surface area contributed by atoms with E-state index in [4.69, 9.17) is 9.47 Å². The zero-order valence-electron chi connectivity index (χ0n) is 13.7. The Morgan fingerprint density at radius 1 is 1.09 bits per heavy atom. The van der Waals surface area contributed by atoms with E-state index in [0.717, 1.165) is 5.56 Å². The van der Waals surface area contributed by atoms with Gasteiger partial charge >= 0.3 is 0 Å². The quantitative estimate of drug-likeness (QED) is 0.813. The average Bonchev–Trinajstić information content (AvgIpc) is 2.55. The van der Waals surface area contributed by atoms with Gasteiger partial charge in [-0.2, -0.15) is 0 Å². The molecular weight excluding hydrogens is 314 g/mol. The molecule has 2 rings (SSSR count). The first-order valence-electron chi connectivity index (χ1n) is 7.26. The van der Waals surface area contributed by atoms with Crippen LogP contribution in [0.3, 0.4) is 0 Å². The number of methoxy groups -OCH3 is 1. The molecular formula is C17H21NO4S. The summed E-state index contributed by atoms with van der Waals surface area (Å²) in [7, 11) is -0.639. The molecule has 0 saturated heterocycles. The molecule has 0 amide bonds. The van der Waals surface area contributed by atoms with Gasteiger partial charge in [0, 0.05) is 7.05 Å². The Morgan fingerprint density at radius 2 is 1.74 bits per heavy atom. The molecule has 0 aliphatic rings. The molecule has 23 heavy (non-hydrogen) atoms. The van der Waals surface area contributed by atoms with E-state index in [1.54, 1.807) is 36.4 Å². The maximum atomic E-state index is 12.8.